The first-order valence-electron chi connectivity index (χ1n) is 9.87. The van der Waals surface area contributed by atoms with Gasteiger partial charge in [0.15, 0.2) is 0 Å². The zero-order chi connectivity index (χ0) is 18.5. The minimum atomic E-state index is -0.0102. The SMILES string of the molecule is O=C(NCC1CCC(c2ccccc2)CC1)c1[nH]ccc1-c1ccccc1. The monoisotopic (exact) mass is 358 g/mol. The average Bonchev–Trinajstić information content (AvgIpc) is 3.24. The van der Waals surface area contributed by atoms with Gasteiger partial charge in [0, 0.05) is 18.3 Å². The Morgan fingerprint density at radius 3 is 2.26 bits per heavy atom. The molecule has 1 amide bonds. The fourth-order valence-corrected chi connectivity index (χ4v) is 4.17. The molecule has 1 aliphatic rings. The lowest BCUT2D eigenvalue weighted by Crippen LogP contribution is -2.31. The molecule has 0 aliphatic heterocycles. The molecular weight excluding hydrogens is 332 g/mol. The standard InChI is InChI=1S/C24H26N2O/c27-24(23-22(15-16-25-23)21-9-5-2-6-10-21)26-17-18-11-13-20(14-12-18)19-7-3-1-4-8-19/h1-10,15-16,18,20,25H,11-14,17H2,(H,26,27). The van der Waals surface area contributed by atoms with E-state index in [0.29, 0.717) is 17.5 Å². The van der Waals surface area contributed by atoms with Gasteiger partial charge in [-0.05, 0) is 54.7 Å². The van der Waals surface area contributed by atoms with Crippen molar-refractivity contribution in [2.45, 2.75) is 31.6 Å². The predicted molar refractivity (Wildman–Crippen MR) is 110 cm³/mol. The summed E-state index contributed by atoms with van der Waals surface area (Å²) in [6.45, 7) is 0.758. The molecule has 27 heavy (non-hydrogen) atoms. The van der Waals surface area contributed by atoms with Gasteiger partial charge in [-0.25, -0.2) is 0 Å². The quantitative estimate of drug-likeness (QED) is 0.631. The Bertz CT molecular complexity index is 862. The first-order chi connectivity index (χ1) is 13.3. The highest BCUT2D eigenvalue weighted by Crippen LogP contribution is 2.35. The summed E-state index contributed by atoms with van der Waals surface area (Å²) >= 11 is 0. The van der Waals surface area contributed by atoms with Gasteiger partial charge in [0.2, 0.25) is 0 Å². The van der Waals surface area contributed by atoms with E-state index in [-0.39, 0.29) is 5.91 Å². The number of amides is 1. The maximum absolute atomic E-state index is 12.7. The molecule has 1 aromatic heterocycles. The van der Waals surface area contributed by atoms with Gasteiger partial charge in [0.1, 0.15) is 5.69 Å². The number of carbonyl (C=O) groups is 1. The van der Waals surface area contributed by atoms with Gasteiger partial charge in [0.25, 0.3) is 5.91 Å². The molecular formula is C24H26N2O. The van der Waals surface area contributed by atoms with Crippen LogP contribution in [0.5, 0.6) is 0 Å². The number of carbonyl (C=O) groups excluding carboxylic acids is 1. The van der Waals surface area contributed by atoms with Crippen molar-refractivity contribution in [2.75, 3.05) is 6.54 Å². The van der Waals surface area contributed by atoms with Crippen LogP contribution >= 0.6 is 0 Å². The Morgan fingerprint density at radius 1 is 0.889 bits per heavy atom. The number of aromatic nitrogens is 1. The van der Waals surface area contributed by atoms with Crippen molar-refractivity contribution >= 4 is 5.91 Å². The molecule has 2 aromatic carbocycles. The predicted octanol–water partition coefficient (Wildman–Crippen LogP) is 5.39. The summed E-state index contributed by atoms with van der Waals surface area (Å²) < 4.78 is 0. The van der Waals surface area contributed by atoms with Gasteiger partial charge in [-0.3, -0.25) is 4.79 Å². The van der Waals surface area contributed by atoms with Crippen molar-refractivity contribution in [3.8, 4) is 11.1 Å². The molecule has 0 unspecified atom stereocenters. The Kier molecular flexibility index (Phi) is 5.38. The number of nitrogens with one attached hydrogen (secondary N) is 2. The molecule has 1 saturated carbocycles. The van der Waals surface area contributed by atoms with E-state index in [0.717, 1.165) is 17.7 Å². The second-order valence-electron chi connectivity index (χ2n) is 7.47. The molecule has 3 heteroatoms. The number of benzene rings is 2. The molecule has 3 aromatic rings. The maximum atomic E-state index is 12.7. The molecule has 0 bridgehead atoms. The third-order valence-corrected chi connectivity index (χ3v) is 5.73. The summed E-state index contributed by atoms with van der Waals surface area (Å²) in [7, 11) is 0. The van der Waals surface area contributed by atoms with Gasteiger partial charge in [0.05, 0.1) is 0 Å². The van der Waals surface area contributed by atoms with Crippen LogP contribution in [-0.4, -0.2) is 17.4 Å². The molecule has 0 atom stereocenters. The maximum Gasteiger partial charge on any atom is 0.268 e. The Balaban J connectivity index is 1.32. The smallest absolute Gasteiger partial charge is 0.268 e. The Labute approximate surface area is 160 Å². The molecule has 0 spiro atoms. The zero-order valence-electron chi connectivity index (χ0n) is 15.5. The number of H-pyrrole nitrogens is 1. The van der Waals surface area contributed by atoms with Gasteiger partial charge in [-0.15, -0.1) is 0 Å². The molecule has 0 saturated heterocycles. The highest BCUT2D eigenvalue weighted by atomic mass is 16.1. The number of hydrogen-bond donors (Lipinski definition) is 2. The molecule has 2 N–H and O–H groups in total. The lowest BCUT2D eigenvalue weighted by Gasteiger charge is -2.29. The highest BCUT2D eigenvalue weighted by Gasteiger charge is 2.23. The van der Waals surface area contributed by atoms with Gasteiger partial charge < -0.3 is 10.3 Å². The third kappa shape index (κ3) is 4.13. The summed E-state index contributed by atoms with van der Waals surface area (Å²) in [4.78, 5) is 15.8. The van der Waals surface area contributed by atoms with Crippen LogP contribution in [-0.2, 0) is 0 Å². The first-order valence-corrected chi connectivity index (χ1v) is 9.87. The summed E-state index contributed by atoms with van der Waals surface area (Å²) in [6.07, 6.45) is 6.61. The van der Waals surface area contributed by atoms with Crippen LogP contribution in [0, 0.1) is 5.92 Å². The van der Waals surface area contributed by atoms with E-state index in [1.807, 2.05) is 42.6 Å². The Morgan fingerprint density at radius 2 is 1.56 bits per heavy atom. The molecule has 3 nitrogen and oxygen atoms in total. The van der Waals surface area contributed by atoms with Gasteiger partial charge >= 0.3 is 0 Å². The van der Waals surface area contributed by atoms with E-state index < -0.39 is 0 Å². The van der Waals surface area contributed by atoms with Crippen LogP contribution < -0.4 is 5.32 Å². The van der Waals surface area contributed by atoms with Gasteiger partial charge in [-0.1, -0.05) is 60.7 Å². The van der Waals surface area contributed by atoms with Crippen LogP contribution in [0.2, 0.25) is 0 Å². The lowest BCUT2D eigenvalue weighted by molar-refractivity contribution is 0.0939. The highest BCUT2D eigenvalue weighted by molar-refractivity contribution is 5.99. The summed E-state index contributed by atoms with van der Waals surface area (Å²) in [5.74, 6) is 1.24. The van der Waals surface area contributed by atoms with Crippen LogP contribution in [0.15, 0.2) is 72.9 Å². The zero-order valence-corrected chi connectivity index (χ0v) is 15.5. The second-order valence-corrected chi connectivity index (χ2v) is 7.47. The minimum Gasteiger partial charge on any atom is -0.357 e. The average molecular weight is 358 g/mol. The molecule has 138 valence electrons. The van der Waals surface area contributed by atoms with E-state index in [4.69, 9.17) is 0 Å². The normalized spacial score (nSPS) is 19.6. The number of hydrogen-bond acceptors (Lipinski definition) is 1. The molecule has 1 heterocycles. The van der Waals surface area contributed by atoms with Crippen molar-refractivity contribution in [3.63, 3.8) is 0 Å². The van der Waals surface area contributed by atoms with Crippen molar-refractivity contribution in [2.24, 2.45) is 5.92 Å². The van der Waals surface area contributed by atoms with E-state index in [9.17, 15) is 4.79 Å². The molecule has 1 fully saturated rings. The number of rotatable bonds is 5. The fraction of sp³-hybridized carbons (Fsp3) is 0.292. The van der Waals surface area contributed by atoms with E-state index >= 15 is 0 Å². The van der Waals surface area contributed by atoms with Gasteiger partial charge in [-0.2, -0.15) is 0 Å². The van der Waals surface area contributed by atoms with Crippen molar-refractivity contribution in [1.82, 2.24) is 10.3 Å². The first kappa shape index (κ1) is 17.6. The van der Waals surface area contributed by atoms with Crippen LogP contribution in [0.25, 0.3) is 11.1 Å². The number of aromatic amines is 1. The summed E-state index contributed by atoms with van der Waals surface area (Å²) in [5, 5.41) is 3.15. The molecule has 1 aliphatic carbocycles. The minimum absolute atomic E-state index is 0.0102. The topological polar surface area (TPSA) is 44.9 Å². The fourth-order valence-electron chi connectivity index (χ4n) is 4.17. The van der Waals surface area contributed by atoms with E-state index in [1.54, 1.807) is 0 Å². The Hall–Kier alpha value is -2.81. The van der Waals surface area contributed by atoms with Crippen molar-refractivity contribution in [3.05, 3.63) is 84.2 Å². The largest absolute Gasteiger partial charge is 0.357 e. The summed E-state index contributed by atoms with van der Waals surface area (Å²) in [5.41, 5.74) is 4.13. The molecule has 0 radical (unpaired) electrons. The van der Waals surface area contributed by atoms with Crippen molar-refractivity contribution in [1.29, 1.82) is 0 Å². The van der Waals surface area contributed by atoms with E-state index in [1.165, 1.54) is 31.2 Å². The molecule has 4 rings (SSSR count). The second kappa shape index (κ2) is 8.26. The third-order valence-electron chi connectivity index (χ3n) is 5.73. The van der Waals surface area contributed by atoms with Crippen LogP contribution in [0.3, 0.4) is 0 Å². The van der Waals surface area contributed by atoms with E-state index in [2.05, 4.69) is 40.6 Å². The van der Waals surface area contributed by atoms with Crippen LogP contribution in [0.1, 0.15) is 47.7 Å². The van der Waals surface area contributed by atoms with Crippen molar-refractivity contribution < 1.29 is 4.79 Å². The van der Waals surface area contributed by atoms with Crippen LogP contribution in [0.4, 0.5) is 0 Å². The lowest BCUT2D eigenvalue weighted by atomic mass is 9.79. The summed E-state index contributed by atoms with van der Waals surface area (Å²) in [6, 6.07) is 22.8.